The average Bonchev–Trinajstić information content (AvgIpc) is 3.30. The molecule has 202 valence electrons. The van der Waals surface area contributed by atoms with Crippen molar-refractivity contribution >= 4 is 63.5 Å². The summed E-state index contributed by atoms with van der Waals surface area (Å²) in [7, 11) is 0. The molecule has 0 fully saturated rings. The number of hydrogen-bond acceptors (Lipinski definition) is 7. The fraction of sp³-hybridized carbons (Fsp3) is 0.273. The number of anilines is 1. The molecule has 0 saturated heterocycles. The van der Waals surface area contributed by atoms with Crippen LogP contribution in [0.25, 0.3) is 5.82 Å². The van der Waals surface area contributed by atoms with Crippen molar-refractivity contribution < 1.29 is 32.4 Å². The number of amides is 2. The number of halogens is 5. The van der Waals surface area contributed by atoms with Crippen LogP contribution in [0.2, 0.25) is 15.2 Å². The number of benzene rings is 1. The first-order valence-corrected chi connectivity index (χ1v) is 13.5. The predicted molar refractivity (Wildman–Crippen MR) is 137 cm³/mol. The number of fused-ring (bicyclic) bond motifs is 1. The van der Waals surface area contributed by atoms with E-state index in [9.17, 15) is 22.9 Å². The highest BCUT2D eigenvalue weighted by Crippen LogP contribution is 2.49. The van der Waals surface area contributed by atoms with Gasteiger partial charge >= 0.3 is 6.29 Å². The van der Waals surface area contributed by atoms with Crippen molar-refractivity contribution in [1.82, 2.24) is 20.1 Å². The highest BCUT2D eigenvalue weighted by atomic mass is 35.5. The molecule has 1 aliphatic heterocycles. The van der Waals surface area contributed by atoms with Gasteiger partial charge in [-0.2, -0.15) is 5.10 Å². The SMILES string of the molecule is C[S+]([O-])CC(C)(C)NC(=O)c1c(NC(=O)c2cc(Cl)nn2-c2ncccc2Cl)c(Cl)cc2c1OC(F)(F)O2. The first-order chi connectivity index (χ1) is 17.7. The van der Waals surface area contributed by atoms with E-state index in [1.807, 2.05) is 0 Å². The van der Waals surface area contributed by atoms with E-state index in [0.29, 0.717) is 0 Å². The molecule has 1 aliphatic rings. The first-order valence-electron chi connectivity index (χ1n) is 10.6. The lowest BCUT2D eigenvalue weighted by Gasteiger charge is -2.26. The maximum absolute atomic E-state index is 14.0. The van der Waals surface area contributed by atoms with Crippen LogP contribution in [-0.2, 0) is 11.2 Å². The van der Waals surface area contributed by atoms with E-state index in [-0.39, 0.29) is 38.2 Å². The Balaban J connectivity index is 1.78. The summed E-state index contributed by atoms with van der Waals surface area (Å²) in [6, 6.07) is 5.26. The molecule has 38 heavy (non-hydrogen) atoms. The Morgan fingerprint density at radius 3 is 2.55 bits per heavy atom. The third-order valence-corrected chi connectivity index (χ3v) is 6.89. The fourth-order valence-electron chi connectivity index (χ4n) is 3.69. The molecule has 3 heterocycles. The van der Waals surface area contributed by atoms with Crippen molar-refractivity contribution in [3.8, 4) is 17.3 Å². The summed E-state index contributed by atoms with van der Waals surface area (Å²) in [6.45, 7) is 3.16. The van der Waals surface area contributed by atoms with Crippen molar-refractivity contribution in [2.24, 2.45) is 0 Å². The minimum Gasteiger partial charge on any atom is -0.616 e. The zero-order chi connectivity index (χ0) is 28.0. The van der Waals surface area contributed by atoms with Crippen LogP contribution in [0.3, 0.4) is 0 Å². The maximum Gasteiger partial charge on any atom is 0.586 e. The van der Waals surface area contributed by atoms with E-state index in [2.05, 4.69) is 30.2 Å². The highest BCUT2D eigenvalue weighted by molar-refractivity contribution is 7.90. The number of pyridine rings is 1. The summed E-state index contributed by atoms with van der Waals surface area (Å²) in [5, 5.41) is 8.83. The largest absolute Gasteiger partial charge is 0.616 e. The number of rotatable bonds is 7. The Morgan fingerprint density at radius 1 is 1.18 bits per heavy atom. The monoisotopic (exact) mass is 607 g/mol. The number of nitrogens with zero attached hydrogens (tertiary/aromatic N) is 3. The van der Waals surface area contributed by atoms with E-state index in [1.54, 1.807) is 19.9 Å². The van der Waals surface area contributed by atoms with Gasteiger partial charge in [0, 0.05) is 18.3 Å². The predicted octanol–water partition coefficient (Wildman–Crippen LogP) is 4.69. The van der Waals surface area contributed by atoms with Crippen molar-refractivity contribution in [3.63, 3.8) is 0 Å². The molecule has 1 aromatic carbocycles. The number of nitrogens with one attached hydrogen (secondary N) is 2. The van der Waals surface area contributed by atoms with Gasteiger partial charge in [-0.1, -0.05) is 46.0 Å². The van der Waals surface area contributed by atoms with Crippen LogP contribution in [0, 0.1) is 0 Å². The van der Waals surface area contributed by atoms with E-state index < -0.39 is 51.9 Å². The number of aromatic nitrogens is 3. The second-order valence-electron chi connectivity index (χ2n) is 8.69. The third-order valence-electron chi connectivity index (χ3n) is 4.98. The standard InChI is InChI=1S/C22H18Cl3F2N5O5S/c1-21(2,9-38(3)35)30-20(34)15-16(11(24)7-13-17(15)37-22(26,27)36-13)29-19(33)12-8-14(25)31-32(12)18-10(23)5-4-6-28-18/h4-8H,9H2,1-3H3,(H,29,33)(H,30,34). The van der Waals surface area contributed by atoms with Crippen LogP contribution in [0.4, 0.5) is 14.5 Å². The first kappa shape index (κ1) is 28.2. The van der Waals surface area contributed by atoms with Gasteiger partial charge in [0.1, 0.15) is 17.0 Å². The number of alkyl halides is 2. The number of hydrogen-bond donors (Lipinski definition) is 2. The van der Waals surface area contributed by atoms with Gasteiger partial charge in [-0.05, 0) is 26.0 Å². The minimum absolute atomic E-state index is 0.0409. The molecule has 16 heteroatoms. The molecule has 2 amide bonds. The molecule has 0 saturated carbocycles. The zero-order valence-electron chi connectivity index (χ0n) is 19.8. The smallest absolute Gasteiger partial charge is 0.586 e. The summed E-state index contributed by atoms with van der Waals surface area (Å²) < 4.78 is 49.8. The Kier molecular flexibility index (Phi) is 7.70. The van der Waals surface area contributed by atoms with Crippen molar-refractivity contribution in [2.45, 2.75) is 25.7 Å². The average molecular weight is 609 g/mol. The topological polar surface area (TPSA) is 130 Å². The quantitative estimate of drug-likeness (QED) is 0.372. The minimum atomic E-state index is -4.09. The second kappa shape index (κ2) is 10.4. The Hall–Kier alpha value is -2.84. The normalized spacial score (nSPS) is 14.8. The van der Waals surface area contributed by atoms with Crippen LogP contribution < -0.4 is 20.1 Å². The Morgan fingerprint density at radius 2 is 1.89 bits per heavy atom. The lowest BCUT2D eigenvalue weighted by atomic mass is 10.0. The van der Waals surface area contributed by atoms with Crippen LogP contribution in [0.1, 0.15) is 34.7 Å². The van der Waals surface area contributed by atoms with Crippen LogP contribution in [0.15, 0.2) is 30.5 Å². The molecular formula is C22H18Cl3F2N5O5S. The molecule has 0 bridgehead atoms. The third kappa shape index (κ3) is 5.91. The molecule has 0 spiro atoms. The molecular weight excluding hydrogens is 591 g/mol. The Bertz CT molecular complexity index is 1440. The van der Waals surface area contributed by atoms with Crippen LogP contribution in [0.5, 0.6) is 11.5 Å². The fourth-order valence-corrected chi connectivity index (χ4v) is 5.40. The van der Waals surface area contributed by atoms with Crippen LogP contribution >= 0.6 is 34.8 Å². The second-order valence-corrected chi connectivity index (χ2v) is 11.3. The van der Waals surface area contributed by atoms with Gasteiger partial charge in [-0.25, -0.2) is 9.67 Å². The molecule has 2 aromatic heterocycles. The van der Waals surface area contributed by atoms with E-state index in [4.69, 9.17) is 34.8 Å². The van der Waals surface area contributed by atoms with Crippen molar-refractivity contribution in [3.05, 3.63) is 56.9 Å². The molecule has 4 rings (SSSR count). The van der Waals surface area contributed by atoms with Gasteiger partial charge in [0.25, 0.3) is 11.8 Å². The Labute approximate surface area is 232 Å². The summed E-state index contributed by atoms with van der Waals surface area (Å²) in [4.78, 5) is 30.8. The van der Waals surface area contributed by atoms with Crippen molar-refractivity contribution in [2.75, 3.05) is 17.3 Å². The molecule has 10 nitrogen and oxygen atoms in total. The summed E-state index contributed by atoms with van der Waals surface area (Å²) in [5.41, 5.74) is -2.11. The zero-order valence-corrected chi connectivity index (χ0v) is 22.9. The number of ether oxygens (including phenoxy) is 2. The lowest BCUT2D eigenvalue weighted by molar-refractivity contribution is -0.286. The number of carbonyl (C=O) groups is 2. The summed E-state index contributed by atoms with van der Waals surface area (Å²) >= 11 is 17.2. The lowest BCUT2D eigenvalue weighted by Crippen LogP contribution is -2.48. The highest BCUT2D eigenvalue weighted by Gasteiger charge is 2.47. The van der Waals surface area contributed by atoms with Gasteiger partial charge in [-0.3, -0.25) is 9.59 Å². The summed E-state index contributed by atoms with van der Waals surface area (Å²) in [5.74, 6) is -2.89. The molecule has 1 atom stereocenters. The van der Waals surface area contributed by atoms with Crippen LogP contribution in [-0.4, -0.2) is 55.0 Å². The maximum atomic E-state index is 14.0. The molecule has 3 aromatic rings. The van der Waals surface area contributed by atoms with E-state index >= 15 is 0 Å². The summed E-state index contributed by atoms with van der Waals surface area (Å²) in [6.07, 6.45) is -1.23. The number of carbonyl (C=O) groups excluding carboxylic acids is 2. The van der Waals surface area contributed by atoms with E-state index in [0.717, 1.165) is 10.7 Å². The van der Waals surface area contributed by atoms with Gasteiger partial charge in [0.05, 0.1) is 27.5 Å². The van der Waals surface area contributed by atoms with Gasteiger partial charge in [0.15, 0.2) is 22.5 Å². The van der Waals surface area contributed by atoms with Gasteiger partial charge in [-0.15, -0.1) is 8.78 Å². The van der Waals surface area contributed by atoms with Gasteiger partial charge in [0.2, 0.25) is 0 Å². The van der Waals surface area contributed by atoms with Crippen molar-refractivity contribution in [1.29, 1.82) is 0 Å². The molecule has 0 aliphatic carbocycles. The van der Waals surface area contributed by atoms with E-state index in [1.165, 1.54) is 24.6 Å². The molecule has 2 N–H and O–H groups in total. The van der Waals surface area contributed by atoms with Gasteiger partial charge < -0.3 is 24.7 Å². The molecule has 0 radical (unpaired) electrons. The molecule has 1 unspecified atom stereocenters.